The number of rotatable bonds is 9. The normalized spacial score (nSPS) is 11.5. The van der Waals surface area contributed by atoms with E-state index in [4.69, 9.17) is 9.15 Å². The third kappa shape index (κ3) is 5.89. The lowest BCUT2D eigenvalue weighted by atomic mass is 9.87. The molecule has 0 spiro atoms. The van der Waals surface area contributed by atoms with Crippen LogP contribution >= 0.6 is 11.8 Å². The first kappa shape index (κ1) is 22.0. The van der Waals surface area contributed by atoms with Crippen LogP contribution in [0.3, 0.4) is 0 Å². The number of amides is 1. The Morgan fingerprint density at radius 3 is 2.60 bits per heavy atom. The zero-order chi connectivity index (χ0) is 21.6. The third-order valence-corrected chi connectivity index (χ3v) is 5.54. The number of hydrogen-bond donors (Lipinski definition) is 1. The van der Waals surface area contributed by atoms with Crippen molar-refractivity contribution in [2.24, 2.45) is 0 Å². The fourth-order valence-corrected chi connectivity index (χ4v) is 3.68. The molecule has 0 atom stereocenters. The number of nitrogens with one attached hydrogen (secondary N) is 1. The van der Waals surface area contributed by atoms with Gasteiger partial charge in [-0.15, -0.1) is 10.2 Å². The van der Waals surface area contributed by atoms with E-state index in [-0.39, 0.29) is 17.1 Å². The summed E-state index contributed by atoms with van der Waals surface area (Å²) < 4.78 is 13.1. The van der Waals surface area contributed by atoms with Crippen molar-refractivity contribution in [3.63, 3.8) is 0 Å². The Labute approximate surface area is 181 Å². The molecule has 0 aliphatic carbocycles. The lowest BCUT2D eigenvalue weighted by Gasteiger charge is -2.19. The van der Waals surface area contributed by atoms with Crippen molar-refractivity contribution in [3.8, 4) is 5.75 Å². The second-order valence-corrected chi connectivity index (χ2v) is 8.79. The highest BCUT2D eigenvalue weighted by molar-refractivity contribution is 7.99. The quantitative estimate of drug-likeness (QED) is 0.515. The molecule has 0 saturated carbocycles. The van der Waals surface area contributed by atoms with Crippen molar-refractivity contribution in [1.82, 2.24) is 20.1 Å². The Balaban J connectivity index is 1.52. The monoisotopic (exact) mass is 428 g/mol. The smallest absolute Gasteiger partial charge is 0.230 e. The minimum Gasteiger partial charge on any atom is -0.486 e. The van der Waals surface area contributed by atoms with Gasteiger partial charge in [0, 0.05) is 6.54 Å². The summed E-state index contributed by atoms with van der Waals surface area (Å²) >= 11 is 1.36. The summed E-state index contributed by atoms with van der Waals surface area (Å²) in [6, 6.07) is 11.7. The molecule has 0 unspecified atom stereocenters. The van der Waals surface area contributed by atoms with Crippen molar-refractivity contribution < 1.29 is 13.9 Å². The average molecular weight is 429 g/mol. The first-order valence-corrected chi connectivity index (χ1v) is 10.9. The van der Waals surface area contributed by atoms with E-state index < -0.39 is 0 Å². The van der Waals surface area contributed by atoms with Gasteiger partial charge in [0.1, 0.15) is 18.1 Å². The van der Waals surface area contributed by atoms with Gasteiger partial charge in [0.15, 0.2) is 11.0 Å². The van der Waals surface area contributed by atoms with Gasteiger partial charge in [0.2, 0.25) is 5.91 Å². The SMILES string of the molecule is CCn1c(COc2ccc(C(C)(C)C)cc2)nnc1SCC(=O)NCc1ccco1. The molecular weight excluding hydrogens is 400 g/mol. The average Bonchev–Trinajstić information content (AvgIpc) is 3.38. The molecule has 0 fully saturated rings. The maximum absolute atomic E-state index is 12.1. The second kappa shape index (κ2) is 9.84. The summed E-state index contributed by atoms with van der Waals surface area (Å²) in [5.41, 5.74) is 1.37. The maximum atomic E-state index is 12.1. The molecule has 0 radical (unpaired) electrons. The van der Waals surface area contributed by atoms with E-state index in [1.54, 1.807) is 12.3 Å². The van der Waals surface area contributed by atoms with E-state index in [0.29, 0.717) is 24.9 Å². The molecule has 0 bridgehead atoms. The molecule has 7 nitrogen and oxygen atoms in total. The van der Waals surface area contributed by atoms with Gasteiger partial charge in [-0.1, -0.05) is 44.7 Å². The summed E-state index contributed by atoms with van der Waals surface area (Å²) in [7, 11) is 0. The molecule has 160 valence electrons. The molecule has 1 N–H and O–H groups in total. The first-order chi connectivity index (χ1) is 14.4. The summed E-state index contributed by atoms with van der Waals surface area (Å²) in [4.78, 5) is 12.1. The number of nitrogens with zero attached hydrogens (tertiary/aromatic N) is 3. The van der Waals surface area contributed by atoms with Crippen molar-refractivity contribution in [1.29, 1.82) is 0 Å². The summed E-state index contributed by atoms with van der Waals surface area (Å²) in [6.07, 6.45) is 1.59. The van der Waals surface area contributed by atoms with Crippen LogP contribution < -0.4 is 10.1 Å². The van der Waals surface area contributed by atoms with Gasteiger partial charge in [0.05, 0.1) is 18.6 Å². The minimum absolute atomic E-state index is 0.0845. The molecule has 2 heterocycles. The topological polar surface area (TPSA) is 82.2 Å². The molecule has 1 aromatic carbocycles. The van der Waals surface area contributed by atoms with Crippen LogP contribution in [-0.4, -0.2) is 26.4 Å². The standard InChI is InChI=1S/C22H28N4O3S/c1-5-26-19(14-29-17-10-8-16(9-11-17)22(2,3)4)24-25-21(26)30-15-20(27)23-13-18-7-6-12-28-18/h6-12H,5,13-15H2,1-4H3,(H,23,27). The van der Waals surface area contributed by atoms with Gasteiger partial charge in [-0.3, -0.25) is 4.79 Å². The highest BCUT2D eigenvalue weighted by atomic mass is 32.2. The first-order valence-electron chi connectivity index (χ1n) is 9.94. The van der Waals surface area contributed by atoms with Gasteiger partial charge in [0.25, 0.3) is 0 Å². The number of benzene rings is 1. The van der Waals surface area contributed by atoms with Crippen molar-refractivity contribution in [2.45, 2.75) is 58.0 Å². The number of furan rings is 1. The molecule has 2 aromatic heterocycles. The summed E-state index contributed by atoms with van der Waals surface area (Å²) in [6.45, 7) is 9.97. The van der Waals surface area contributed by atoms with Gasteiger partial charge >= 0.3 is 0 Å². The predicted octanol–water partition coefficient (Wildman–Crippen LogP) is 4.18. The number of hydrogen-bond acceptors (Lipinski definition) is 6. The molecule has 1 amide bonds. The van der Waals surface area contributed by atoms with Crippen LogP contribution in [0, 0.1) is 0 Å². The number of aromatic nitrogens is 3. The van der Waals surface area contributed by atoms with E-state index in [1.807, 2.05) is 29.7 Å². The zero-order valence-electron chi connectivity index (χ0n) is 17.8. The fourth-order valence-electron chi connectivity index (χ4n) is 2.83. The molecule has 3 rings (SSSR count). The third-order valence-electron chi connectivity index (χ3n) is 4.57. The van der Waals surface area contributed by atoms with E-state index >= 15 is 0 Å². The van der Waals surface area contributed by atoms with Gasteiger partial charge in [-0.2, -0.15) is 0 Å². The maximum Gasteiger partial charge on any atom is 0.230 e. The fraction of sp³-hybridized carbons (Fsp3) is 0.409. The van der Waals surface area contributed by atoms with Crippen molar-refractivity contribution in [3.05, 3.63) is 59.8 Å². The van der Waals surface area contributed by atoms with Crippen LogP contribution in [0.2, 0.25) is 0 Å². The Morgan fingerprint density at radius 1 is 1.20 bits per heavy atom. The van der Waals surface area contributed by atoms with Crippen LogP contribution in [-0.2, 0) is 29.9 Å². The molecular formula is C22H28N4O3S. The second-order valence-electron chi connectivity index (χ2n) is 7.85. The predicted molar refractivity (Wildman–Crippen MR) is 116 cm³/mol. The molecule has 0 aliphatic rings. The minimum atomic E-state index is -0.0845. The number of thioether (sulfide) groups is 1. The Kier molecular flexibility index (Phi) is 7.20. The Hall–Kier alpha value is -2.74. The van der Waals surface area contributed by atoms with Crippen LogP contribution in [0.15, 0.2) is 52.2 Å². The van der Waals surface area contributed by atoms with Crippen LogP contribution in [0.1, 0.15) is 44.8 Å². The van der Waals surface area contributed by atoms with Crippen molar-refractivity contribution in [2.75, 3.05) is 5.75 Å². The Morgan fingerprint density at radius 2 is 1.97 bits per heavy atom. The lowest BCUT2D eigenvalue weighted by molar-refractivity contribution is -0.118. The number of carbonyl (C=O) groups is 1. The lowest BCUT2D eigenvalue weighted by Crippen LogP contribution is -2.24. The Bertz CT molecular complexity index is 944. The molecule has 8 heteroatoms. The zero-order valence-corrected chi connectivity index (χ0v) is 18.7. The molecule has 30 heavy (non-hydrogen) atoms. The highest BCUT2D eigenvalue weighted by Crippen LogP contribution is 2.25. The van der Waals surface area contributed by atoms with Gasteiger partial charge in [-0.05, 0) is 42.2 Å². The van der Waals surface area contributed by atoms with E-state index in [0.717, 1.165) is 17.3 Å². The van der Waals surface area contributed by atoms with E-state index in [1.165, 1.54) is 17.3 Å². The molecule has 3 aromatic rings. The summed E-state index contributed by atoms with van der Waals surface area (Å²) in [5.74, 6) is 2.42. The van der Waals surface area contributed by atoms with Crippen LogP contribution in [0.5, 0.6) is 5.75 Å². The molecule has 0 aliphatic heterocycles. The number of ether oxygens (including phenoxy) is 1. The van der Waals surface area contributed by atoms with Gasteiger partial charge < -0.3 is 19.0 Å². The van der Waals surface area contributed by atoms with Crippen LogP contribution in [0.25, 0.3) is 0 Å². The number of carbonyl (C=O) groups excluding carboxylic acids is 1. The van der Waals surface area contributed by atoms with Crippen molar-refractivity contribution >= 4 is 17.7 Å². The van der Waals surface area contributed by atoms with E-state index in [9.17, 15) is 4.79 Å². The summed E-state index contributed by atoms with van der Waals surface area (Å²) in [5, 5.41) is 12.0. The van der Waals surface area contributed by atoms with Crippen LogP contribution in [0.4, 0.5) is 0 Å². The largest absolute Gasteiger partial charge is 0.486 e. The van der Waals surface area contributed by atoms with E-state index in [2.05, 4.69) is 48.4 Å². The van der Waals surface area contributed by atoms with Gasteiger partial charge in [-0.25, -0.2) is 0 Å². The highest BCUT2D eigenvalue weighted by Gasteiger charge is 2.15. The molecule has 0 saturated heterocycles.